The van der Waals surface area contributed by atoms with E-state index in [-0.39, 0.29) is 12.5 Å². The zero-order valence-electron chi connectivity index (χ0n) is 20.9. The number of hydrogen-bond donors (Lipinski definition) is 0. The van der Waals surface area contributed by atoms with Gasteiger partial charge in [0, 0.05) is 14.2 Å². The molecular weight excluding hydrogens is 438 g/mol. The maximum absolute atomic E-state index is 12.1. The van der Waals surface area contributed by atoms with Gasteiger partial charge < -0.3 is 19.1 Å². The minimum Gasteiger partial charge on any atom is -0.492 e. The minimum absolute atomic E-state index is 0.0460. The summed E-state index contributed by atoms with van der Waals surface area (Å²) in [7, 11) is 3.35. The Balaban J connectivity index is 1.69. The molecule has 0 aliphatic heterocycles. The quantitative estimate of drug-likeness (QED) is 0.241. The number of carbonyl (C=O) groups excluding carboxylic acids is 1. The number of nitrogens with zero attached hydrogens (tertiary/aromatic N) is 1. The number of hydrogen-bond acceptors (Lipinski definition) is 4. The molecule has 0 atom stereocenters. The van der Waals surface area contributed by atoms with Crippen molar-refractivity contribution in [2.24, 2.45) is 0 Å². The molecule has 0 aromatic heterocycles. The molecule has 184 valence electrons. The molecular formula is C30H35NO4. The Bertz CT molecular complexity index is 1060. The van der Waals surface area contributed by atoms with E-state index in [1.807, 2.05) is 24.3 Å². The average Bonchev–Trinajstić information content (AvgIpc) is 2.91. The monoisotopic (exact) mass is 473 g/mol. The second-order valence-corrected chi connectivity index (χ2v) is 8.17. The van der Waals surface area contributed by atoms with E-state index in [1.165, 1.54) is 22.3 Å². The van der Waals surface area contributed by atoms with Crippen molar-refractivity contribution in [1.82, 2.24) is 4.90 Å². The van der Waals surface area contributed by atoms with Crippen LogP contribution in [-0.4, -0.2) is 57.9 Å². The van der Waals surface area contributed by atoms with Gasteiger partial charge in [-0.3, -0.25) is 4.79 Å². The second-order valence-electron chi connectivity index (χ2n) is 8.17. The van der Waals surface area contributed by atoms with Crippen LogP contribution >= 0.6 is 0 Å². The van der Waals surface area contributed by atoms with Crippen LogP contribution in [0.25, 0.3) is 11.1 Å². The van der Waals surface area contributed by atoms with Crippen LogP contribution in [0.5, 0.6) is 5.75 Å². The van der Waals surface area contributed by atoms with Crippen LogP contribution in [0.2, 0.25) is 0 Å². The lowest BCUT2D eigenvalue weighted by Crippen LogP contribution is -2.34. The summed E-state index contributed by atoms with van der Waals surface area (Å²) >= 11 is 0. The van der Waals surface area contributed by atoms with Gasteiger partial charge in [0.05, 0.1) is 19.8 Å². The lowest BCUT2D eigenvalue weighted by atomic mass is 9.88. The topological polar surface area (TPSA) is 48.0 Å². The Morgan fingerprint density at radius 2 is 1.37 bits per heavy atom. The van der Waals surface area contributed by atoms with Gasteiger partial charge in [0.2, 0.25) is 5.91 Å². The zero-order valence-corrected chi connectivity index (χ0v) is 20.9. The van der Waals surface area contributed by atoms with Gasteiger partial charge in [0.1, 0.15) is 19.0 Å². The predicted octanol–water partition coefficient (Wildman–Crippen LogP) is 5.56. The number of rotatable bonds is 13. The van der Waals surface area contributed by atoms with Crippen LogP contribution in [0, 0.1) is 0 Å². The molecule has 3 aromatic carbocycles. The van der Waals surface area contributed by atoms with Gasteiger partial charge in [-0.2, -0.15) is 0 Å². The Morgan fingerprint density at radius 1 is 0.771 bits per heavy atom. The molecule has 0 N–H and O–H groups in total. The summed E-state index contributed by atoms with van der Waals surface area (Å²) in [6.07, 6.45) is 0.919. The molecule has 0 saturated carbocycles. The summed E-state index contributed by atoms with van der Waals surface area (Å²) in [6.45, 7) is 4.01. The summed E-state index contributed by atoms with van der Waals surface area (Å²) in [5.41, 5.74) is 6.09. The number of carbonyl (C=O) groups is 1. The predicted molar refractivity (Wildman–Crippen MR) is 141 cm³/mol. The van der Waals surface area contributed by atoms with E-state index in [4.69, 9.17) is 14.2 Å². The smallest absolute Gasteiger partial charge is 0.248 e. The normalized spacial score (nSPS) is 11.6. The molecule has 0 spiro atoms. The van der Waals surface area contributed by atoms with Crippen LogP contribution in [0.15, 0.2) is 84.9 Å². The van der Waals surface area contributed by atoms with Gasteiger partial charge >= 0.3 is 0 Å². The first-order valence-electron chi connectivity index (χ1n) is 12.0. The highest BCUT2D eigenvalue weighted by Crippen LogP contribution is 2.34. The Morgan fingerprint density at radius 3 is 1.97 bits per heavy atom. The fraction of sp³-hybridized carbons (Fsp3) is 0.300. The standard InChI is InChI=1S/C30H35NO4/c1-4-28(24-11-7-5-8-12-24)30(25-13-9-6-10-14-25)26-15-17-27(18-16-26)35-20-19-31(2)29(32)23-34-22-21-33-3/h5-18H,4,19-23H2,1-3H3/b30-28-. The Kier molecular flexibility index (Phi) is 10.6. The number of likely N-dealkylation sites (N-methyl/N-ethyl adjacent to an activating group) is 1. The maximum Gasteiger partial charge on any atom is 0.248 e. The van der Waals surface area contributed by atoms with Crippen molar-refractivity contribution >= 4 is 17.1 Å². The van der Waals surface area contributed by atoms with Crippen molar-refractivity contribution < 1.29 is 19.0 Å². The van der Waals surface area contributed by atoms with Gasteiger partial charge in [-0.25, -0.2) is 0 Å². The summed E-state index contributed by atoms with van der Waals surface area (Å²) in [5, 5.41) is 0. The fourth-order valence-corrected chi connectivity index (χ4v) is 3.84. The van der Waals surface area contributed by atoms with Crippen LogP contribution in [-0.2, 0) is 14.3 Å². The highest BCUT2D eigenvalue weighted by atomic mass is 16.5. The molecule has 0 aliphatic carbocycles. The van der Waals surface area contributed by atoms with E-state index in [9.17, 15) is 4.79 Å². The lowest BCUT2D eigenvalue weighted by molar-refractivity contribution is -0.135. The third-order valence-electron chi connectivity index (χ3n) is 5.76. The molecule has 1 amide bonds. The Hall–Kier alpha value is -3.41. The number of amides is 1. The van der Waals surface area contributed by atoms with Crippen molar-refractivity contribution in [2.75, 3.05) is 47.1 Å². The van der Waals surface area contributed by atoms with Gasteiger partial charge in [-0.15, -0.1) is 0 Å². The van der Waals surface area contributed by atoms with Crippen LogP contribution in [0.1, 0.15) is 30.0 Å². The molecule has 0 fully saturated rings. The van der Waals surface area contributed by atoms with Crippen LogP contribution in [0.3, 0.4) is 0 Å². The van der Waals surface area contributed by atoms with E-state index in [0.717, 1.165) is 17.7 Å². The van der Waals surface area contributed by atoms with Crippen molar-refractivity contribution in [1.29, 1.82) is 0 Å². The molecule has 0 unspecified atom stereocenters. The molecule has 5 heteroatoms. The summed E-state index contributed by atoms with van der Waals surface area (Å²) in [6, 6.07) is 29.2. The number of benzene rings is 3. The van der Waals surface area contributed by atoms with E-state index < -0.39 is 0 Å². The number of allylic oxidation sites excluding steroid dienone is 1. The zero-order chi connectivity index (χ0) is 24.9. The first kappa shape index (κ1) is 26.2. The molecule has 35 heavy (non-hydrogen) atoms. The first-order valence-corrected chi connectivity index (χ1v) is 12.0. The first-order chi connectivity index (χ1) is 17.1. The molecule has 5 nitrogen and oxygen atoms in total. The summed E-state index contributed by atoms with van der Waals surface area (Å²) in [4.78, 5) is 13.7. The summed E-state index contributed by atoms with van der Waals surface area (Å²) in [5.74, 6) is 0.696. The Labute approximate surface area is 208 Å². The number of ether oxygens (including phenoxy) is 3. The van der Waals surface area contributed by atoms with Gasteiger partial charge in [-0.05, 0) is 46.4 Å². The molecule has 0 heterocycles. The van der Waals surface area contributed by atoms with E-state index in [1.54, 1.807) is 19.1 Å². The van der Waals surface area contributed by atoms with Crippen molar-refractivity contribution in [2.45, 2.75) is 13.3 Å². The second kappa shape index (κ2) is 14.1. The molecule has 0 radical (unpaired) electrons. The van der Waals surface area contributed by atoms with E-state index >= 15 is 0 Å². The van der Waals surface area contributed by atoms with Crippen LogP contribution in [0.4, 0.5) is 0 Å². The fourth-order valence-electron chi connectivity index (χ4n) is 3.84. The molecule has 3 aromatic rings. The third-order valence-corrected chi connectivity index (χ3v) is 5.76. The van der Waals surface area contributed by atoms with Gasteiger partial charge in [-0.1, -0.05) is 79.7 Å². The van der Waals surface area contributed by atoms with Gasteiger partial charge in [0.25, 0.3) is 0 Å². The maximum atomic E-state index is 12.1. The molecule has 0 bridgehead atoms. The summed E-state index contributed by atoms with van der Waals surface area (Å²) < 4.78 is 16.1. The highest BCUT2D eigenvalue weighted by molar-refractivity contribution is 5.98. The van der Waals surface area contributed by atoms with Gasteiger partial charge in [0.15, 0.2) is 0 Å². The third kappa shape index (κ3) is 7.81. The van der Waals surface area contributed by atoms with E-state index in [2.05, 4.69) is 67.6 Å². The highest BCUT2D eigenvalue weighted by Gasteiger charge is 2.13. The van der Waals surface area contributed by atoms with Crippen molar-refractivity contribution in [3.05, 3.63) is 102 Å². The van der Waals surface area contributed by atoms with Crippen molar-refractivity contribution in [3.63, 3.8) is 0 Å². The molecule has 0 aliphatic rings. The largest absolute Gasteiger partial charge is 0.492 e. The minimum atomic E-state index is -0.0781. The molecule has 3 rings (SSSR count). The van der Waals surface area contributed by atoms with E-state index in [0.29, 0.717) is 26.4 Å². The molecule has 0 saturated heterocycles. The average molecular weight is 474 g/mol. The number of methoxy groups -OCH3 is 1. The van der Waals surface area contributed by atoms with Crippen molar-refractivity contribution in [3.8, 4) is 5.75 Å². The SMILES string of the molecule is CC/C(=C(\c1ccccc1)c1ccc(OCCN(C)C(=O)COCCOC)cc1)c1ccccc1. The lowest BCUT2D eigenvalue weighted by Gasteiger charge is -2.18. The van der Waals surface area contributed by atoms with Crippen LogP contribution < -0.4 is 4.74 Å².